The first-order valence-electron chi connectivity index (χ1n) is 5.41. The van der Waals surface area contributed by atoms with Crippen molar-refractivity contribution in [3.8, 4) is 0 Å². The highest BCUT2D eigenvalue weighted by atomic mass is 32.2. The van der Waals surface area contributed by atoms with Gasteiger partial charge in [0.05, 0.1) is 5.25 Å². The fourth-order valence-electron chi connectivity index (χ4n) is 1.95. The minimum Gasteiger partial charge on any atom is -0.284 e. The molecule has 0 radical (unpaired) electrons. The van der Waals surface area contributed by atoms with Crippen LogP contribution in [0.2, 0.25) is 0 Å². The van der Waals surface area contributed by atoms with Gasteiger partial charge in [-0.1, -0.05) is 20.8 Å². The summed E-state index contributed by atoms with van der Waals surface area (Å²) in [5.41, 5.74) is -0.230. The molecule has 0 spiro atoms. The van der Waals surface area contributed by atoms with Crippen molar-refractivity contribution >= 4 is 9.84 Å². The van der Waals surface area contributed by atoms with E-state index in [9.17, 15) is 8.42 Å². The summed E-state index contributed by atoms with van der Waals surface area (Å²) in [5, 5.41) is -0.232. The maximum Gasteiger partial charge on any atom is 0.168 e. The van der Waals surface area contributed by atoms with Gasteiger partial charge in [0.2, 0.25) is 0 Å². The van der Waals surface area contributed by atoms with Gasteiger partial charge in [0.25, 0.3) is 0 Å². The highest BCUT2D eigenvalue weighted by molar-refractivity contribution is 7.92. The molecule has 0 saturated carbocycles. The second-order valence-corrected chi connectivity index (χ2v) is 8.69. The molecular weight excluding hydrogens is 210 g/mol. The van der Waals surface area contributed by atoms with E-state index in [1.54, 1.807) is 0 Å². The Bertz CT molecular complexity index is 333. The number of hydrogen-bond acceptors (Lipinski definition) is 3. The Balaban J connectivity index is 2.98. The Hall–Kier alpha value is -0.0900. The number of nitrogens with zero attached hydrogens (tertiary/aromatic N) is 1. The van der Waals surface area contributed by atoms with Crippen LogP contribution in [0.25, 0.3) is 0 Å². The van der Waals surface area contributed by atoms with Crippen molar-refractivity contribution in [3.05, 3.63) is 0 Å². The molecule has 0 N–H and O–H groups in total. The molecule has 1 aliphatic heterocycles. The predicted octanol–water partition coefficient (Wildman–Crippen LogP) is 1.89. The van der Waals surface area contributed by atoms with Gasteiger partial charge in [0, 0.05) is 12.1 Å². The van der Waals surface area contributed by atoms with Crippen LogP contribution in [-0.2, 0) is 9.84 Å². The zero-order chi connectivity index (χ0) is 12.1. The van der Waals surface area contributed by atoms with Crippen molar-refractivity contribution in [2.75, 3.05) is 12.4 Å². The summed E-state index contributed by atoms with van der Waals surface area (Å²) in [6.45, 7) is 12.9. The third kappa shape index (κ3) is 2.72. The monoisotopic (exact) mass is 233 g/mol. The van der Waals surface area contributed by atoms with Crippen LogP contribution < -0.4 is 0 Å². The van der Waals surface area contributed by atoms with Crippen molar-refractivity contribution in [3.63, 3.8) is 0 Å². The van der Waals surface area contributed by atoms with E-state index in [1.807, 2.05) is 20.8 Å². The third-order valence-electron chi connectivity index (χ3n) is 3.07. The van der Waals surface area contributed by atoms with Gasteiger partial charge in [-0.15, -0.1) is 0 Å². The molecule has 4 heteroatoms. The second kappa shape index (κ2) is 3.45. The fraction of sp³-hybridized carbons (Fsp3) is 1.00. The molecule has 0 aliphatic carbocycles. The summed E-state index contributed by atoms with van der Waals surface area (Å²) >= 11 is 0. The van der Waals surface area contributed by atoms with Crippen LogP contribution in [0.1, 0.15) is 41.5 Å². The van der Waals surface area contributed by atoms with Crippen molar-refractivity contribution in [1.82, 2.24) is 4.90 Å². The van der Waals surface area contributed by atoms with E-state index in [2.05, 4.69) is 25.7 Å². The predicted molar refractivity (Wildman–Crippen MR) is 63.5 cm³/mol. The fourth-order valence-corrected chi connectivity index (χ4v) is 4.55. The van der Waals surface area contributed by atoms with Crippen LogP contribution in [-0.4, -0.2) is 36.5 Å². The zero-order valence-electron chi connectivity index (χ0n) is 10.7. The maximum absolute atomic E-state index is 12.0. The number of hydrogen-bond donors (Lipinski definition) is 0. The van der Waals surface area contributed by atoms with E-state index in [4.69, 9.17) is 0 Å². The Morgan fingerprint density at radius 1 is 1.07 bits per heavy atom. The van der Waals surface area contributed by atoms with Crippen LogP contribution in [0.15, 0.2) is 0 Å². The highest BCUT2D eigenvalue weighted by Crippen LogP contribution is 2.34. The molecule has 90 valence electrons. The van der Waals surface area contributed by atoms with Crippen molar-refractivity contribution in [2.45, 2.75) is 52.3 Å². The summed E-state index contributed by atoms with van der Waals surface area (Å²) in [6, 6.07) is 0. The summed E-state index contributed by atoms with van der Waals surface area (Å²) in [5.74, 6) is 0.207. The van der Waals surface area contributed by atoms with E-state index in [-0.39, 0.29) is 22.1 Å². The molecule has 15 heavy (non-hydrogen) atoms. The Morgan fingerprint density at radius 3 is 1.73 bits per heavy atom. The molecule has 0 aromatic rings. The van der Waals surface area contributed by atoms with E-state index in [1.165, 1.54) is 0 Å². The summed E-state index contributed by atoms with van der Waals surface area (Å²) < 4.78 is 24.0. The molecule has 1 heterocycles. The third-order valence-corrected chi connectivity index (χ3v) is 5.46. The Kier molecular flexibility index (Phi) is 2.99. The second-order valence-electron chi connectivity index (χ2n) is 6.54. The molecule has 0 bridgehead atoms. The van der Waals surface area contributed by atoms with Gasteiger partial charge < -0.3 is 0 Å². The molecule has 1 rings (SSSR count). The average molecular weight is 233 g/mol. The molecule has 0 amide bonds. The van der Waals surface area contributed by atoms with Crippen molar-refractivity contribution < 1.29 is 8.42 Å². The minimum absolute atomic E-state index is 0.0624. The standard InChI is InChI=1S/C11H23NO2S/c1-10(2,3)9-7-12(11(4,5)6)8-15(9,13)14/h9H,7-8H2,1-6H3. The summed E-state index contributed by atoms with van der Waals surface area (Å²) in [6.07, 6.45) is 0. The van der Waals surface area contributed by atoms with Gasteiger partial charge in [0.15, 0.2) is 9.84 Å². The van der Waals surface area contributed by atoms with Gasteiger partial charge in [-0.3, -0.25) is 4.90 Å². The van der Waals surface area contributed by atoms with Crippen molar-refractivity contribution in [1.29, 1.82) is 0 Å². The number of sulfone groups is 1. The van der Waals surface area contributed by atoms with Crippen LogP contribution in [0.4, 0.5) is 0 Å². The van der Waals surface area contributed by atoms with Crippen LogP contribution in [0, 0.1) is 5.41 Å². The molecule has 1 unspecified atom stereocenters. The van der Waals surface area contributed by atoms with E-state index >= 15 is 0 Å². The molecule has 0 aromatic carbocycles. The first-order chi connectivity index (χ1) is 6.44. The normalized spacial score (nSPS) is 28.3. The van der Waals surface area contributed by atoms with Gasteiger partial charge in [-0.2, -0.15) is 0 Å². The van der Waals surface area contributed by atoms with Gasteiger partial charge in [0.1, 0.15) is 5.88 Å². The largest absolute Gasteiger partial charge is 0.284 e. The number of rotatable bonds is 0. The first-order valence-corrected chi connectivity index (χ1v) is 7.13. The summed E-state index contributed by atoms with van der Waals surface area (Å²) in [4.78, 5) is 2.05. The SMILES string of the molecule is CC(C)(C)C1CN(C(C)(C)C)CS1(=O)=O. The zero-order valence-corrected chi connectivity index (χ0v) is 11.5. The topological polar surface area (TPSA) is 37.4 Å². The quantitative estimate of drug-likeness (QED) is 0.641. The molecule has 0 aromatic heterocycles. The molecule has 1 atom stereocenters. The van der Waals surface area contributed by atoms with Crippen LogP contribution in [0.3, 0.4) is 0 Å². The molecule has 1 saturated heterocycles. The van der Waals surface area contributed by atoms with Gasteiger partial charge in [-0.25, -0.2) is 8.42 Å². The van der Waals surface area contributed by atoms with E-state index in [0.29, 0.717) is 6.54 Å². The lowest BCUT2D eigenvalue weighted by Gasteiger charge is -2.32. The highest BCUT2D eigenvalue weighted by Gasteiger charge is 2.46. The lowest BCUT2D eigenvalue weighted by Crippen LogP contribution is -2.41. The van der Waals surface area contributed by atoms with Gasteiger partial charge in [-0.05, 0) is 26.2 Å². The first kappa shape index (κ1) is 13.0. The lowest BCUT2D eigenvalue weighted by atomic mass is 9.91. The maximum atomic E-state index is 12.0. The summed E-state index contributed by atoms with van der Waals surface area (Å²) in [7, 11) is -2.95. The molecular formula is C11H23NO2S. The minimum atomic E-state index is -2.95. The van der Waals surface area contributed by atoms with Crippen molar-refractivity contribution in [2.24, 2.45) is 5.41 Å². The van der Waals surface area contributed by atoms with E-state index in [0.717, 1.165) is 0 Å². The molecule has 1 fully saturated rings. The lowest BCUT2D eigenvalue weighted by molar-refractivity contribution is 0.164. The Labute approximate surface area is 93.8 Å². The van der Waals surface area contributed by atoms with Gasteiger partial charge >= 0.3 is 0 Å². The van der Waals surface area contributed by atoms with Crippen LogP contribution in [0.5, 0.6) is 0 Å². The molecule has 3 nitrogen and oxygen atoms in total. The average Bonchev–Trinajstić information content (AvgIpc) is 2.22. The van der Waals surface area contributed by atoms with Crippen LogP contribution >= 0.6 is 0 Å². The smallest absolute Gasteiger partial charge is 0.168 e. The van der Waals surface area contributed by atoms with E-state index < -0.39 is 9.84 Å². The Morgan fingerprint density at radius 2 is 1.53 bits per heavy atom. The molecule has 1 aliphatic rings.